The van der Waals surface area contributed by atoms with Crippen LogP contribution in [0.15, 0.2) is 22.7 Å². The number of carbonyl (C=O) groups excluding carboxylic acids is 1. The molecule has 17 heavy (non-hydrogen) atoms. The number of amides is 1. The molecule has 2 rings (SSSR count). The van der Waals surface area contributed by atoms with Crippen molar-refractivity contribution in [1.82, 2.24) is 4.90 Å². The maximum absolute atomic E-state index is 12.3. The van der Waals surface area contributed by atoms with Crippen molar-refractivity contribution in [3.05, 3.63) is 33.8 Å². The van der Waals surface area contributed by atoms with Gasteiger partial charge in [0.15, 0.2) is 0 Å². The van der Waals surface area contributed by atoms with E-state index >= 15 is 0 Å². The zero-order valence-corrected chi connectivity index (χ0v) is 12.9. The van der Waals surface area contributed by atoms with Crippen molar-refractivity contribution in [3.63, 3.8) is 0 Å². The number of rotatable bonds is 1. The second kappa shape index (κ2) is 5.53. The van der Waals surface area contributed by atoms with Crippen LogP contribution in [-0.2, 0) is 0 Å². The van der Waals surface area contributed by atoms with E-state index in [0.29, 0.717) is 4.83 Å². The van der Waals surface area contributed by atoms with Crippen LogP contribution in [0.1, 0.15) is 28.8 Å². The van der Waals surface area contributed by atoms with Crippen LogP contribution in [0, 0.1) is 6.92 Å². The van der Waals surface area contributed by atoms with Gasteiger partial charge in [-0.2, -0.15) is 0 Å². The molecule has 1 heterocycles. The van der Waals surface area contributed by atoms with Gasteiger partial charge in [0.05, 0.1) is 0 Å². The van der Waals surface area contributed by atoms with Crippen molar-refractivity contribution in [1.29, 1.82) is 0 Å². The second-order valence-electron chi connectivity index (χ2n) is 4.48. The topological polar surface area (TPSA) is 20.3 Å². The summed E-state index contributed by atoms with van der Waals surface area (Å²) in [6.07, 6.45) is 2.08. The quantitative estimate of drug-likeness (QED) is 0.698. The molecule has 0 radical (unpaired) electrons. The first-order valence-electron chi connectivity index (χ1n) is 5.77. The highest BCUT2D eigenvalue weighted by Gasteiger charge is 2.22. The lowest BCUT2D eigenvalue weighted by molar-refractivity contribution is 0.0728. The molecular weight excluding hydrogens is 346 g/mol. The van der Waals surface area contributed by atoms with Crippen LogP contribution in [0.4, 0.5) is 0 Å². The molecule has 2 nitrogen and oxygen atoms in total. The highest BCUT2D eigenvalue weighted by Crippen LogP contribution is 2.21. The Labute approximate surface area is 119 Å². The molecule has 0 N–H and O–H groups in total. The van der Waals surface area contributed by atoms with Crippen LogP contribution in [0.5, 0.6) is 0 Å². The Morgan fingerprint density at radius 1 is 1.29 bits per heavy atom. The smallest absolute Gasteiger partial charge is 0.253 e. The predicted octanol–water partition coefficient (Wildman–Crippen LogP) is 3.76. The van der Waals surface area contributed by atoms with Gasteiger partial charge in [0.1, 0.15) is 0 Å². The van der Waals surface area contributed by atoms with E-state index in [1.165, 1.54) is 0 Å². The summed E-state index contributed by atoms with van der Waals surface area (Å²) in [4.78, 5) is 14.8. The van der Waals surface area contributed by atoms with Crippen molar-refractivity contribution in [2.45, 2.75) is 24.6 Å². The largest absolute Gasteiger partial charge is 0.339 e. The van der Waals surface area contributed by atoms with Gasteiger partial charge >= 0.3 is 0 Å². The number of hydrogen-bond acceptors (Lipinski definition) is 1. The first-order valence-corrected chi connectivity index (χ1v) is 7.47. The molecule has 1 amide bonds. The summed E-state index contributed by atoms with van der Waals surface area (Å²) in [5.74, 6) is 0.147. The van der Waals surface area contributed by atoms with Gasteiger partial charge in [-0.1, -0.05) is 31.9 Å². The molecule has 0 aliphatic carbocycles. The maximum atomic E-state index is 12.3. The number of carbonyl (C=O) groups is 1. The van der Waals surface area contributed by atoms with Crippen LogP contribution in [0.2, 0.25) is 0 Å². The van der Waals surface area contributed by atoms with E-state index in [4.69, 9.17) is 0 Å². The molecule has 1 saturated heterocycles. The molecule has 0 unspecified atom stereocenters. The average Bonchev–Trinajstić information content (AvgIpc) is 2.28. The highest BCUT2D eigenvalue weighted by molar-refractivity contribution is 9.10. The third kappa shape index (κ3) is 3.32. The monoisotopic (exact) mass is 359 g/mol. The van der Waals surface area contributed by atoms with Gasteiger partial charge in [-0.3, -0.25) is 4.79 Å². The second-order valence-corrected chi connectivity index (χ2v) is 6.69. The minimum absolute atomic E-state index is 0.147. The fourth-order valence-corrected chi connectivity index (χ4v) is 3.11. The number of nitrogens with zero attached hydrogens (tertiary/aromatic N) is 1. The highest BCUT2D eigenvalue weighted by atomic mass is 79.9. The molecular formula is C13H15Br2NO. The van der Waals surface area contributed by atoms with Gasteiger partial charge in [0, 0.05) is 28.0 Å². The van der Waals surface area contributed by atoms with Crippen molar-refractivity contribution >= 4 is 37.8 Å². The lowest BCUT2D eigenvalue weighted by Crippen LogP contribution is -2.38. The molecule has 92 valence electrons. The molecule has 0 saturated carbocycles. The molecule has 1 aromatic carbocycles. The summed E-state index contributed by atoms with van der Waals surface area (Å²) in [6.45, 7) is 3.70. The van der Waals surface area contributed by atoms with E-state index in [0.717, 1.165) is 41.5 Å². The molecule has 0 bridgehead atoms. The summed E-state index contributed by atoms with van der Waals surface area (Å²) in [7, 11) is 0. The van der Waals surface area contributed by atoms with Gasteiger partial charge in [-0.15, -0.1) is 0 Å². The van der Waals surface area contributed by atoms with E-state index < -0.39 is 0 Å². The minimum atomic E-state index is 0.147. The number of benzene rings is 1. The van der Waals surface area contributed by atoms with Crippen molar-refractivity contribution in [3.8, 4) is 0 Å². The van der Waals surface area contributed by atoms with Crippen LogP contribution in [0.25, 0.3) is 0 Å². The van der Waals surface area contributed by atoms with E-state index in [2.05, 4.69) is 31.9 Å². The average molecular weight is 361 g/mol. The Morgan fingerprint density at radius 2 is 1.94 bits per heavy atom. The van der Waals surface area contributed by atoms with Crippen LogP contribution >= 0.6 is 31.9 Å². The van der Waals surface area contributed by atoms with Gasteiger partial charge in [0.25, 0.3) is 5.91 Å². The fourth-order valence-electron chi connectivity index (χ4n) is 2.09. The Bertz CT molecular complexity index is 405. The third-order valence-corrected chi connectivity index (χ3v) is 4.37. The SMILES string of the molecule is Cc1cc(Br)cc(C(=O)N2CCC(Br)CC2)c1. The zero-order chi connectivity index (χ0) is 12.4. The lowest BCUT2D eigenvalue weighted by Gasteiger charge is -2.29. The first-order chi connectivity index (χ1) is 8.06. The number of hydrogen-bond donors (Lipinski definition) is 0. The Balaban J connectivity index is 2.14. The lowest BCUT2D eigenvalue weighted by atomic mass is 10.1. The molecule has 4 heteroatoms. The zero-order valence-electron chi connectivity index (χ0n) is 9.75. The Kier molecular flexibility index (Phi) is 4.26. The molecule has 0 aromatic heterocycles. The molecule has 0 atom stereocenters. The molecule has 1 aliphatic heterocycles. The van der Waals surface area contributed by atoms with Crippen LogP contribution in [0.3, 0.4) is 0 Å². The van der Waals surface area contributed by atoms with Crippen LogP contribution < -0.4 is 0 Å². The maximum Gasteiger partial charge on any atom is 0.253 e. The van der Waals surface area contributed by atoms with E-state index in [1.807, 2.05) is 30.0 Å². The summed E-state index contributed by atoms with van der Waals surface area (Å²) in [5, 5.41) is 0. The first kappa shape index (κ1) is 13.1. The van der Waals surface area contributed by atoms with Gasteiger partial charge in [0.2, 0.25) is 0 Å². The predicted molar refractivity (Wildman–Crippen MR) is 76.7 cm³/mol. The standard InChI is InChI=1S/C13H15Br2NO/c1-9-6-10(8-12(15)7-9)13(17)16-4-2-11(14)3-5-16/h6-8,11H,2-5H2,1H3. The Morgan fingerprint density at radius 3 is 2.53 bits per heavy atom. The molecule has 0 spiro atoms. The number of likely N-dealkylation sites (tertiary alicyclic amines) is 1. The number of alkyl halides is 1. The third-order valence-electron chi connectivity index (χ3n) is 3.00. The van der Waals surface area contributed by atoms with Crippen molar-refractivity contribution in [2.75, 3.05) is 13.1 Å². The summed E-state index contributed by atoms with van der Waals surface area (Å²) in [6, 6.07) is 5.87. The molecule has 1 fully saturated rings. The number of aryl methyl sites for hydroxylation is 1. The normalized spacial score (nSPS) is 17.2. The van der Waals surface area contributed by atoms with Crippen molar-refractivity contribution < 1.29 is 4.79 Å². The van der Waals surface area contributed by atoms with Gasteiger partial charge in [-0.25, -0.2) is 0 Å². The van der Waals surface area contributed by atoms with Gasteiger partial charge < -0.3 is 4.90 Å². The van der Waals surface area contributed by atoms with Crippen molar-refractivity contribution in [2.24, 2.45) is 0 Å². The minimum Gasteiger partial charge on any atom is -0.339 e. The van der Waals surface area contributed by atoms with Crippen LogP contribution in [-0.4, -0.2) is 28.7 Å². The number of piperidine rings is 1. The fraction of sp³-hybridized carbons (Fsp3) is 0.462. The Hall–Kier alpha value is -0.350. The summed E-state index contributed by atoms with van der Waals surface area (Å²) in [5.41, 5.74) is 1.89. The van der Waals surface area contributed by atoms with E-state index in [9.17, 15) is 4.79 Å². The summed E-state index contributed by atoms with van der Waals surface area (Å²) < 4.78 is 0.969. The molecule has 1 aromatic rings. The van der Waals surface area contributed by atoms with E-state index in [1.54, 1.807) is 0 Å². The van der Waals surface area contributed by atoms with Gasteiger partial charge in [-0.05, 0) is 43.5 Å². The number of halogens is 2. The van der Waals surface area contributed by atoms with E-state index in [-0.39, 0.29) is 5.91 Å². The summed E-state index contributed by atoms with van der Waals surface area (Å²) >= 11 is 7.04. The molecule has 1 aliphatic rings.